The molecule has 0 saturated carbocycles. The molecule has 0 spiro atoms. The van der Waals surface area contributed by atoms with Gasteiger partial charge in [-0.05, 0) is 36.4 Å². The molecule has 0 bridgehead atoms. The van der Waals surface area contributed by atoms with E-state index in [-0.39, 0.29) is 36.9 Å². The highest BCUT2D eigenvalue weighted by molar-refractivity contribution is 7.89. The van der Waals surface area contributed by atoms with Crippen LogP contribution in [0.15, 0.2) is 59.6 Å². The van der Waals surface area contributed by atoms with Gasteiger partial charge in [0.1, 0.15) is 0 Å². The SMILES string of the molecule is O=C(COc1ccc(S(=O)(=O)N2CCOCC2)cc1[N+](=O)[O-])Nc1cccc2ncccc12. The van der Waals surface area contributed by atoms with Gasteiger partial charge in [0.25, 0.3) is 5.91 Å². The van der Waals surface area contributed by atoms with Crippen LogP contribution in [0.2, 0.25) is 0 Å². The number of nitro groups is 1. The van der Waals surface area contributed by atoms with Crippen molar-refractivity contribution in [1.29, 1.82) is 0 Å². The molecule has 1 saturated heterocycles. The van der Waals surface area contributed by atoms with Crippen molar-refractivity contribution in [2.24, 2.45) is 0 Å². The molecule has 172 valence electrons. The van der Waals surface area contributed by atoms with E-state index in [0.29, 0.717) is 11.2 Å². The highest BCUT2D eigenvalue weighted by atomic mass is 32.2. The molecule has 2 aromatic carbocycles. The largest absolute Gasteiger partial charge is 0.477 e. The zero-order chi connectivity index (χ0) is 23.4. The molecule has 0 unspecified atom stereocenters. The van der Waals surface area contributed by atoms with Crippen molar-refractivity contribution < 1.29 is 27.6 Å². The summed E-state index contributed by atoms with van der Waals surface area (Å²) in [6.07, 6.45) is 1.64. The first-order chi connectivity index (χ1) is 15.9. The fourth-order valence-electron chi connectivity index (χ4n) is 3.40. The first kappa shape index (κ1) is 22.6. The topological polar surface area (TPSA) is 141 Å². The molecule has 3 aromatic rings. The van der Waals surface area contributed by atoms with Gasteiger partial charge in [-0.1, -0.05) is 6.07 Å². The van der Waals surface area contributed by atoms with E-state index in [1.807, 2.05) is 0 Å². The predicted molar refractivity (Wildman–Crippen MR) is 119 cm³/mol. The minimum Gasteiger partial charge on any atom is -0.477 e. The summed E-state index contributed by atoms with van der Waals surface area (Å²) in [6, 6.07) is 12.1. The number of nitrogens with one attached hydrogen (secondary N) is 1. The summed E-state index contributed by atoms with van der Waals surface area (Å²) >= 11 is 0. The molecule has 1 aliphatic rings. The third kappa shape index (κ3) is 4.92. The number of fused-ring (bicyclic) bond motifs is 1. The fraction of sp³-hybridized carbons (Fsp3) is 0.238. The van der Waals surface area contributed by atoms with Gasteiger partial charge in [-0.3, -0.25) is 19.9 Å². The maximum atomic E-state index is 12.8. The number of carbonyl (C=O) groups excluding carboxylic acids is 1. The van der Waals surface area contributed by atoms with Gasteiger partial charge in [0.05, 0.1) is 34.2 Å². The van der Waals surface area contributed by atoms with Crippen LogP contribution in [0.1, 0.15) is 0 Å². The number of hydrogen-bond donors (Lipinski definition) is 1. The van der Waals surface area contributed by atoms with Crippen LogP contribution >= 0.6 is 0 Å². The van der Waals surface area contributed by atoms with Crippen LogP contribution < -0.4 is 10.1 Å². The Morgan fingerprint density at radius 3 is 2.73 bits per heavy atom. The predicted octanol–water partition coefficient (Wildman–Crippen LogP) is 2.18. The first-order valence-corrected chi connectivity index (χ1v) is 11.4. The zero-order valence-electron chi connectivity index (χ0n) is 17.3. The lowest BCUT2D eigenvalue weighted by Gasteiger charge is -2.26. The number of nitrogens with zero attached hydrogens (tertiary/aromatic N) is 3. The summed E-state index contributed by atoms with van der Waals surface area (Å²) < 4.78 is 37.3. The maximum absolute atomic E-state index is 12.8. The molecule has 1 N–H and O–H groups in total. The monoisotopic (exact) mass is 472 g/mol. The fourth-order valence-corrected chi connectivity index (χ4v) is 4.83. The van der Waals surface area contributed by atoms with Gasteiger partial charge in [-0.2, -0.15) is 4.31 Å². The van der Waals surface area contributed by atoms with E-state index in [0.717, 1.165) is 11.5 Å². The Balaban J connectivity index is 1.49. The number of amides is 1. The highest BCUT2D eigenvalue weighted by Crippen LogP contribution is 2.31. The Hall–Kier alpha value is -3.61. The van der Waals surface area contributed by atoms with E-state index >= 15 is 0 Å². The standard InChI is InChI=1S/C21H20N4O7S/c26-21(23-18-5-1-4-17-16(18)3-2-8-22-17)14-32-20-7-6-15(13-19(20)25(27)28)33(29,30)24-9-11-31-12-10-24/h1-8,13H,9-12,14H2,(H,23,26). The Bertz CT molecular complexity index is 1300. The van der Waals surface area contributed by atoms with Crippen molar-refractivity contribution in [3.05, 3.63) is 64.8 Å². The summed E-state index contributed by atoms with van der Waals surface area (Å²) in [7, 11) is -3.92. The molecular weight excluding hydrogens is 452 g/mol. The van der Waals surface area contributed by atoms with Gasteiger partial charge in [0.15, 0.2) is 12.4 Å². The number of ether oxygens (including phenoxy) is 2. The molecule has 1 aliphatic heterocycles. The molecule has 1 aromatic heterocycles. The lowest BCUT2D eigenvalue weighted by atomic mass is 10.2. The number of morpholine rings is 1. The third-order valence-corrected chi connectivity index (χ3v) is 6.91. The van der Waals surface area contributed by atoms with Gasteiger partial charge in [0.2, 0.25) is 10.0 Å². The molecule has 0 aliphatic carbocycles. The lowest BCUT2D eigenvalue weighted by molar-refractivity contribution is -0.386. The van der Waals surface area contributed by atoms with E-state index in [2.05, 4.69) is 10.3 Å². The lowest BCUT2D eigenvalue weighted by Crippen LogP contribution is -2.40. The first-order valence-electron chi connectivity index (χ1n) is 9.99. The van der Waals surface area contributed by atoms with Crippen molar-refractivity contribution in [3.63, 3.8) is 0 Å². The minimum absolute atomic E-state index is 0.165. The molecule has 0 radical (unpaired) electrons. The molecule has 33 heavy (non-hydrogen) atoms. The number of benzene rings is 2. The number of sulfonamides is 1. The molecule has 4 rings (SSSR count). The van der Waals surface area contributed by atoms with Gasteiger partial charge in [-0.25, -0.2) is 8.42 Å². The van der Waals surface area contributed by atoms with Crippen LogP contribution in [0.25, 0.3) is 10.9 Å². The zero-order valence-corrected chi connectivity index (χ0v) is 18.2. The van der Waals surface area contributed by atoms with Crippen LogP contribution in [0.3, 0.4) is 0 Å². The van der Waals surface area contributed by atoms with E-state index in [1.54, 1.807) is 36.5 Å². The molecule has 1 amide bonds. The summed E-state index contributed by atoms with van der Waals surface area (Å²) in [6.45, 7) is 0.332. The molecule has 1 fully saturated rings. The number of hydrogen-bond acceptors (Lipinski definition) is 8. The number of pyridine rings is 1. The molecule has 0 atom stereocenters. The van der Waals surface area contributed by atoms with E-state index in [9.17, 15) is 23.3 Å². The average Bonchev–Trinajstić information content (AvgIpc) is 2.83. The number of nitro benzene ring substituents is 1. The molecule has 11 nitrogen and oxygen atoms in total. The van der Waals surface area contributed by atoms with Crippen LogP contribution in [-0.2, 0) is 19.6 Å². The number of anilines is 1. The summed E-state index contributed by atoms with van der Waals surface area (Å²) in [5.41, 5.74) is 0.672. The van der Waals surface area contributed by atoms with E-state index < -0.39 is 33.1 Å². The molecule has 12 heteroatoms. The Morgan fingerprint density at radius 1 is 1.18 bits per heavy atom. The Morgan fingerprint density at radius 2 is 1.97 bits per heavy atom. The van der Waals surface area contributed by atoms with Crippen LogP contribution in [0.4, 0.5) is 11.4 Å². The van der Waals surface area contributed by atoms with Crippen molar-refractivity contribution in [2.45, 2.75) is 4.90 Å². The summed E-state index contributed by atoms with van der Waals surface area (Å²) in [5.74, 6) is -0.749. The van der Waals surface area contributed by atoms with E-state index in [4.69, 9.17) is 9.47 Å². The normalized spacial score (nSPS) is 14.7. The summed E-state index contributed by atoms with van der Waals surface area (Å²) in [4.78, 5) is 27.2. The van der Waals surface area contributed by atoms with Gasteiger partial charge in [0, 0.05) is 30.7 Å². The van der Waals surface area contributed by atoms with Gasteiger partial charge < -0.3 is 14.8 Å². The second kappa shape index (κ2) is 9.48. The minimum atomic E-state index is -3.92. The number of rotatable bonds is 7. The molecular formula is C21H20N4O7S. The van der Waals surface area contributed by atoms with Crippen LogP contribution in [0.5, 0.6) is 5.75 Å². The Kier molecular flexibility index (Phi) is 6.49. The van der Waals surface area contributed by atoms with Crippen LogP contribution in [0, 0.1) is 10.1 Å². The summed E-state index contributed by atoms with van der Waals surface area (Å²) in [5, 5.41) is 15.0. The number of carbonyl (C=O) groups is 1. The Labute approximate surface area is 189 Å². The average molecular weight is 472 g/mol. The van der Waals surface area contributed by atoms with Gasteiger partial charge in [-0.15, -0.1) is 0 Å². The smallest absolute Gasteiger partial charge is 0.312 e. The van der Waals surface area contributed by atoms with Crippen molar-refractivity contribution in [1.82, 2.24) is 9.29 Å². The van der Waals surface area contributed by atoms with E-state index in [1.165, 1.54) is 16.4 Å². The number of aromatic nitrogens is 1. The van der Waals surface area contributed by atoms with Crippen molar-refractivity contribution in [3.8, 4) is 5.75 Å². The molecule has 2 heterocycles. The van der Waals surface area contributed by atoms with Gasteiger partial charge >= 0.3 is 5.69 Å². The second-order valence-electron chi connectivity index (χ2n) is 7.12. The van der Waals surface area contributed by atoms with Crippen molar-refractivity contribution in [2.75, 3.05) is 38.2 Å². The maximum Gasteiger partial charge on any atom is 0.312 e. The third-order valence-electron chi connectivity index (χ3n) is 5.01. The van der Waals surface area contributed by atoms with Crippen LogP contribution in [-0.4, -0.2) is 61.4 Å². The second-order valence-corrected chi connectivity index (χ2v) is 9.05. The quantitative estimate of drug-likeness (QED) is 0.407. The highest BCUT2D eigenvalue weighted by Gasteiger charge is 2.29. The van der Waals surface area contributed by atoms with Crippen molar-refractivity contribution >= 4 is 38.2 Å².